The van der Waals surface area contributed by atoms with Gasteiger partial charge in [0.05, 0.1) is 5.92 Å². The van der Waals surface area contributed by atoms with E-state index in [0.29, 0.717) is 24.6 Å². The normalized spacial score (nSPS) is 15.8. The van der Waals surface area contributed by atoms with E-state index < -0.39 is 16.0 Å². The van der Waals surface area contributed by atoms with Crippen molar-refractivity contribution in [3.63, 3.8) is 0 Å². The molecule has 31 heavy (non-hydrogen) atoms. The second kappa shape index (κ2) is 8.60. The van der Waals surface area contributed by atoms with Crippen LogP contribution >= 0.6 is 0 Å². The predicted molar refractivity (Wildman–Crippen MR) is 109 cm³/mol. The molecule has 0 spiro atoms. The predicted octanol–water partition coefficient (Wildman–Crippen LogP) is 1.92. The Bertz CT molecular complexity index is 1140. The van der Waals surface area contributed by atoms with E-state index in [0.717, 1.165) is 5.56 Å². The van der Waals surface area contributed by atoms with Gasteiger partial charge in [-0.1, -0.05) is 18.2 Å². The van der Waals surface area contributed by atoms with Gasteiger partial charge in [-0.2, -0.15) is 4.31 Å². The summed E-state index contributed by atoms with van der Waals surface area (Å²) in [5, 5.41) is 7.89. The highest BCUT2D eigenvalue weighted by molar-refractivity contribution is 7.89. The molecular formula is C20H23N5O5S. The number of hydrogen-bond acceptors (Lipinski definition) is 8. The molecule has 0 aliphatic carbocycles. The highest BCUT2D eigenvalue weighted by Gasteiger charge is 2.34. The number of benzene rings is 1. The maximum absolute atomic E-state index is 12.8. The van der Waals surface area contributed by atoms with Gasteiger partial charge >= 0.3 is 5.97 Å². The molecule has 2 aromatic heterocycles. The Kier molecular flexibility index (Phi) is 5.88. The standard InChI is InChI=1S/C20H23N5O5S/c1-14-21-18(12-24(14)2)31(27,28)25-10-8-16(9-11-25)20(26)29-13-17-22-23-19(30-17)15-6-4-3-5-7-15/h3-7,12,16H,8-11,13H2,1-2H3. The van der Waals surface area contributed by atoms with Crippen LogP contribution in [0.3, 0.4) is 0 Å². The van der Waals surface area contributed by atoms with Gasteiger partial charge in [0.25, 0.3) is 15.9 Å². The SMILES string of the molecule is Cc1nc(S(=O)(=O)N2CCC(C(=O)OCc3nnc(-c4ccccc4)o3)CC2)cn1C. The summed E-state index contributed by atoms with van der Waals surface area (Å²) in [4.78, 5) is 16.5. The van der Waals surface area contributed by atoms with Gasteiger partial charge in [0.1, 0.15) is 5.82 Å². The fraction of sp³-hybridized carbons (Fsp3) is 0.400. The Labute approximate surface area is 179 Å². The number of carbonyl (C=O) groups excluding carboxylic acids is 1. The molecule has 1 aromatic carbocycles. The molecule has 10 nitrogen and oxygen atoms in total. The van der Waals surface area contributed by atoms with Crippen LogP contribution in [0.5, 0.6) is 0 Å². The number of piperidine rings is 1. The number of hydrogen-bond donors (Lipinski definition) is 0. The maximum atomic E-state index is 12.8. The van der Waals surface area contributed by atoms with E-state index in [1.54, 1.807) is 18.5 Å². The summed E-state index contributed by atoms with van der Waals surface area (Å²) in [6, 6.07) is 9.30. The second-order valence-electron chi connectivity index (χ2n) is 7.39. The van der Waals surface area contributed by atoms with Crippen LogP contribution in [0.2, 0.25) is 0 Å². The summed E-state index contributed by atoms with van der Waals surface area (Å²) in [6.07, 6.45) is 2.26. The number of aromatic nitrogens is 4. The first kappa shape index (κ1) is 21.2. The maximum Gasteiger partial charge on any atom is 0.309 e. The van der Waals surface area contributed by atoms with Crippen LogP contribution in [0.15, 0.2) is 46.0 Å². The topological polar surface area (TPSA) is 120 Å². The fourth-order valence-corrected chi connectivity index (χ4v) is 4.87. The van der Waals surface area contributed by atoms with Crippen molar-refractivity contribution in [1.82, 2.24) is 24.1 Å². The largest absolute Gasteiger partial charge is 0.455 e. The third-order valence-corrected chi connectivity index (χ3v) is 7.07. The van der Waals surface area contributed by atoms with Gasteiger partial charge in [-0.05, 0) is 31.9 Å². The summed E-state index contributed by atoms with van der Waals surface area (Å²) >= 11 is 0. The van der Waals surface area contributed by atoms with Crippen LogP contribution in [0, 0.1) is 12.8 Å². The van der Waals surface area contributed by atoms with Crippen LogP contribution < -0.4 is 0 Å². The number of ether oxygens (including phenoxy) is 1. The van der Waals surface area contributed by atoms with Crippen molar-refractivity contribution in [3.8, 4) is 11.5 Å². The second-order valence-corrected chi connectivity index (χ2v) is 9.28. The van der Waals surface area contributed by atoms with Crippen molar-refractivity contribution in [2.24, 2.45) is 13.0 Å². The zero-order valence-electron chi connectivity index (χ0n) is 17.3. The molecular weight excluding hydrogens is 422 g/mol. The minimum Gasteiger partial charge on any atom is -0.455 e. The van der Waals surface area contributed by atoms with E-state index in [1.165, 1.54) is 10.5 Å². The minimum absolute atomic E-state index is 0.0270. The Morgan fingerprint density at radius 2 is 1.90 bits per heavy atom. The number of esters is 1. The number of sulfonamides is 1. The van der Waals surface area contributed by atoms with Crippen molar-refractivity contribution in [2.75, 3.05) is 13.1 Å². The van der Waals surface area contributed by atoms with Crippen LogP contribution in [-0.4, -0.2) is 51.5 Å². The smallest absolute Gasteiger partial charge is 0.309 e. The van der Waals surface area contributed by atoms with Gasteiger partial charge in [-0.25, -0.2) is 13.4 Å². The molecule has 0 atom stereocenters. The quantitative estimate of drug-likeness (QED) is 0.528. The molecule has 164 valence electrons. The Morgan fingerprint density at radius 3 is 2.55 bits per heavy atom. The Balaban J connectivity index is 1.30. The molecule has 0 amide bonds. The lowest BCUT2D eigenvalue weighted by Crippen LogP contribution is -2.40. The van der Waals surface area contributed by atoms with Gasteiger partial charge in [0.2, 0.25) is 5.89 Å². The lowest BCUT2D eigenvalue weighted by molar-refractivity contribution is -0.151. The van der Waals surface area contributed by atoms with Crippen LogP contribution in [0.4, 0.5) is 0 Å². The summed E-state index contributed by atoms with van der Waals surface area (Å²) in [5.74, 6) is 0.403. The number of imidazole rings is 1. The van der Waals surface area contributed by atoms with Crippen LogP contribution in [0.25, 0.3) is 11.5 Å². The van der Waals surface area contributed by atoms with Crippen molar-refractivity contribution in [1.29, 1.82) is 0 Å². The lowest BCUT2D eigenvalue weighted by Gasteiger charge is -2.29. The zero-order chi connectivity index (χ0) is 22.0. The molecule has 4 rings (SSSR count). The molecule has 1 fully saturated rings. The number of nitrogens with zero attached hydrogens (tertiary/aromatic N) is 5. The van der Waals surface area contributed by atoms with Gasteiger partial charge in [0.15, 0.2) is 11.6 Å². The fourth-order valence-electron chi connectivity index (χ4n) is 3.37. The molecule has 0 N–H and O–H groups in total. The van der Waals surface area contributed by atoms with E-state index in [2.05, 4.69) is 15.2 Å². The first-order chi connectivity index (χ1) is 14.8. The molecule has 1 saturated heterocycles. The molecule has 1 aliphatic rings. The van der Waals surface area contributed by atoms with Gasteiger partial charge < -0.3 is 13.7 Å². The van der Waals surface area contributed by atoms with E-state index in [-0.39, 0.29) is 36.5 Å². The molecule has 0 saturated carbocycles. The number of aryl methyl sites for hydroxylation is 2. The van der Waals surface area contributed by atoms with E-state index in [1.807, 2.05) is 30.3 Å². The van der Waals surface area contributed by atoms with E-state index >= 15 is 0 Å². The highest BCUT2D eigenvalue weighted by Crippen LogP contribution is 2.25. The zero-order valence-corrected chi connectivity index (χ0v) is 18.1. The Morgan fingerprint density at radius 1 is 1.19 bits per heavy atom. The van der Waals surface area contributed by atoms with Crippen molar-refractivity contribution in [2.45, 2.75) is 31.4 Å². The van der Waals surface area contributed by atoms with Gasteiger partial charge in [0, 0.05) is 31.9 Å². The average Bonchev–Trinajstić information content (AvgIpc) is 3.40. The summed E-state index contributed by atoms with van der Waals surface area (Å²) < 4.78 is 39.4. The third-order valence-electron chi connectivity index (χ3n) is 5.30. The van der Waals surface area contributed by atoms with Gasteiger partial charge in [-0.3, -0.25) is 4.79 Å². The Hall–Kier alpha value is -3.05. The van der Waals surface area contributed by atoms with E-state index in [9.17, 15) is 13.2 Å². The first-order valence-corrected chi connectivity index (χ1v) is 11.3. The van der Waals surface area contributed by atoms with Crippen molar-refractivity contribution in [3.05, 3.63) is 48.2 Å². The molecule has 0 radical (unpaired) electrons. The molecule has 3 heterocycles. The third kappa shape index (κ3) is 4.52. The number of rotatable bonds is 6. The van der Waals surface area contributed by atoms with Gasteiger partial charge in [-0.15, -0.1) is 10.2 Å². The lowest BCUT2D eigenvalue weighted by atomic mass is 9.98. The van der Waals surface area contributed by atoms with Crippen molar-refractivity contribution < 1.29 is 22.4 Å². The van der Waals surface area contributed by atoms with Crippen LogP contribution in [-0.2, 0) is 33.2 Å². The molecule has 0 unspecified atom stereocenters. The summed E-state index contributed by atoms with van der Waals surface area (Å²) in [5.41, 5.74) is 0.782. The molecule has 11 heteroatoms. The van der Waals surface area contributed by atoms with Crippen molar-refractivity contribution >= 4 is 16.0 Å². The van der Waals surface area contributed by atoms with E-state index in [4.69, 9.17) is 9.15 Å². The molecule has 1 aliphatic heterocycles. The number of carbonyl (C=O) groups is 1. The summed E-state index contributed by atoms with van der Waals surface area (Å²) in [6.45, 7) is 2.09. The highest BCUT2D eigenvalue weighted by atomic mass is 32.2. The molecule has 0 bridgehead atoms. The molecule has 3 aromatic rings. The summed E-state index contributed by atoms with van der Waals surface area (Å²) in [7, 11) is -1.93. The monoisotopic (exact) mass is 445 g/mol. The minimum atomic E-state index is -3.68. The average molecular weight is 446 g/mol. The first-order valence-electron chi connectivity index (χ1n) is 9.89. The van der Waals surface area contributed by atoms with Crippen LogP contribution in [0.1, 0.15) is 24.6 Å².